The van der Waals surface area contributed by atoms with Crippen molar-refractivity contribution in [2.24, 2.45) is 7.05 Å². The second-order valence-electron chi connectivity index (χ2n) is 5.14. The quantitative estimate of drug-likeness (QED) is 0.790. The van der Waals surface area contributed by atoms with Crippen molar-refractivity contribution in [3.63, 3.8) is 0 Å². The summed E-state index contributed by atoms with van der Waals surface area (Å²) >= 11 is 0. The van der Waals surface area contributed by atoms with E-state index in [-0.39, 0.29) is 5.91 Å². The van der Waals surface area contributed by atoms with Gasteiger partial charge in [-0.05, 0) is 30.2 Å². The third-order valence-corrected chi connectivity index (χ3v) is 3.50. The van der Waals surface area contributed by atoms with Crippen LogP contribution in [0.1, 0.15) is 15.9 Å². The number of carbonyl (C=O) groups is 1. The van der Waals surface area contributed by atoms with E-state index in [2.05, 4.69) is 21.0 Å². The molecule has 3 rings (SSSR count). The number of rotatable bonds is 4. The molecule has 21 heavy (non-hydrogen) atoms. The molecule has 2 heterocycles. The molecule has 110 valence electrons. The van der Waals surface area contributed by atoms with Crippen molar-refractivity contribution < 1.29 is 4.79 Å². The largest absolute Gasteiger partial charge is 0.382 e. The molecule has 1 aromatic carbocycles. The Balaban J connectivity index is 1.57. The highest BCUT2D eigenvalue weighted by atomic mass is 16.1. The van der Waals surface area contributed by atoms with Gasteiger partial charge in [0.25, 0.3) is 5.91 Å². The molecule has 1 amide bonds. The fourth-order valence-corrected chi connectivity index (χ4v) is 2.40. The molecule has 3 N–H and O–H groups in total. The number of amides is 1. The number of aryl methyl sites for hydroxylation is 1. The molecule has 6 nitrogen and oxygen atoms in total. The maximum Gasteiger partial charge on any atom is 0.251 e. The molecule has 0 spiro atoms. The lowest BCUT2D eigenvalue weighted by Gasteiger charge is -2.20. The van der Waals surface area contributed by atoms with Gasteiger partial charge in [0.1, 0.15) is 0 Å². The average molecular weight is 285 g/mol. The van der Waals surface area contributed by atoms with Gasteiger partial charge >= 0.3 is 0 Å². The Labute approximate surface area is 123 Å². The van der Waals surface area contributed by atoms with Gasteiger partial charge in [-0.25, -0.2) is 0 Å². The zero-order chi connectivity index (χ0) is 14.7. The monoisotopic (exact) mass is 285 g/mol. The summed E-state index contributed by atoms with van der Waals surface area (Å²) in [6.07, 6.45) is 4.56. The van der Waals surface area contributed by atoms with Crippen molar-refractivity contribution >= 4 is 17.3 Å². The predicted molar refractivity (Wildman–Crippen MR) is 82.7 cm³/mol. The summed E-state index contributed by atoms with van der Waals surface area (Å²) in [5.74, 6) is -0.0472. The van der Waals surface area contributed by atoms with Gasteiger partial charge in [-0.2, -0.15) is 5.10 Å². The SMILES string of the molecule is Cn1cc(CCNC(=O)c2ccc3c(c2)NCCN3)cn1. The van der Waals surface area contributed by atoms with E-state index in [0.29, 0.717) is 12.1 Å². The number of hydrogen-bond donors (Lipinski definition) is 3. The lowest BCUT2D eigenvalue weighted by atomic mass is 10.1. The average Bonchev–Trinajstić information content (AvgIpc) is 2.92. The van der Waals surface area contributed by atoms with Crippen LogP contribution >= 0.6 is 0 Å². The smallest absolute Gasteiger partial charge is 0.251 e. The number of anilines is 2. The van der Waals surface area contributed by atoms with Gasteiger partial charge in [-0.15, -0.1) is 0 Å². The minimum atomic E-state index is -0.0472. The standard InChI is InChI=1S/C15H19N5O/c1-20-10-11(9-19-20)4-5-18-15(21)12-2-3-13-14(8-12)17-7-6-16-13/h2-3,8-10,16-17H,4-7H2,1H3,(H,18,21). The number of aromatic nitrogens is 2. The topological polar surface area (TPSA) is 71.0 Å². The minimum Gasteiger partial charge on any atom is -0.382 e. The first-order chi connectivity index (χ1) is 10.2. The Bertz CT molecular complexity index is 649. The summed E-state index contributed by atoms with van der Waals surface area (Å²) in [7, 11) is 1.89. The first kappa shape index (κ1) is 13.5. The second kappa shape index (κ2) is 5.87. The summed E-state index contributed by atoms with van der Waals surface area (Å²) in [5.41, 5.74) is 3.83. The molecular weight excluding hydrogens is 266 g/mol. The summed E-state index contributed by atoms with van der Waals surface area (Å²) in [5, 5.41) is 13.6. The lowest BCUT2D eigenvalue weighted by molar-refractivity contribution is 0.0954. The molecule has 0 bridgehead atoms. The van der Waals surface area contributed by atoms with E-state index >= 15 is 0 Å². The molecule has 0 atom stereocenters. The van der Waals surface area contributed by atoms with Crippen LogP contribution in [0, 0.1) is 0 Å². The number of nitrogens with zero attached hydrogens (tertiary/aromatic N) is 2. The fraction of sp³-hybridized carbons (Fsp3) is 0.333. The zero-order valence-electron chi connectivity index (χ0n) is 12.0. The van der Waals surface area contributed by atoms with Crippen molar-refractivity contribution in [2.45, 2.75) is 6.42 Å². The van der Waals surface area contributed by atoms with E-state index in [1.165, 1.54) is 0 Å². The van der Waals surface area contributed by atoms with Crippen LogP contribution in [0.15, 0.2) is 30.6 Å². The van der Waals surface area contributed by atoms with E-state index in [4.69, 9.17) is 0 Å². The lowest BCUT2D eigenvalue weighted by Crippen LogP contribution is -2.26. The number of nitrogens with one attached hydrogen (secondary N) is 3. The molecule has 0 radical (unpaired) electrons. The van der Waals surface area contributed by atoms with Gasteiger partial charge in [0.2, 0.25) is 0 Å². The number of carbonyl (C=O) groups excluding carboxylic acids is 1. The maximum absolute atomic E-state index is 12.1. The highest BCUT2D eigenvalue weighted by Gasteiger charge is 2.11. The van der Waals surface area contributed by atoms with Crippen LogP contribution in [-0.4, -0.2) is 35.3 Å². The maximum atomic E-state index is 12.1. The van der Waals surface area contributed by atoms with Crippen molar-refractivity contribution in [1.82, 2.24) is 15.1 Å². The number of fused-ring (bicyclic) bond motifs is 1. The Morgan fingerprint density at radius 1 is 1.33 bits per heavy atom. The van der Waals surface area contributed by atoms with Crippen LogP contribution in [0.4, 0.5) is 11.4 Å². The van der Waals surface area contributed by atoms with Gasteiger partial charge in [-0.1, -0.05) is 0 Å². The fourth-order valence-electron chi connectivity index (χ4n) is 2.40. The molecule has 0 unspecified atom stereocenters. The highest BCUT2D eigenvalue weighted by molar-refractivity contribution is 5.96. The molecule has 0 fully saturated rings. The van der Waals surface area contributed by atoms with E-state index in [9.17, 15) is 4.79 Å². The molecule has 1 aliphatic heterocycles. The van der Waals surface area contributed by atoms with Crippen molar-refractivity contribution in [2.75, 3.05) is 30.3 Å². The molecule has 1 aliphatic rings. The Kier molecular flexibility index (Phi) is 3.77. The van der Waals surface area contributed by atoms with Crippen LogP contribution in [0.3, 0.4) is 0 Å². The second-order valence-corrected chi connectivity index (χ2v) is 5.14. The molecule has 0 saturated carbocycles. The van der Waals surface area contributed by atoms with Crippen LogP contribution < -0.4 is 16.0 Å². The van der Waals surface area contributed by atoms with Gasteiger partial charge in [0.05, 0.1) is 17.6 Å². The molecule has 2 aromatic rings. The van der Waals surface area contributed by atoms with Gasteiger partial charge in [0, 0.05) is 38.4 Å². The first-order valence-electron chi connectivity index (χ1n) is 7.10. The number of hydrogen-bond acceptors (Lipinski definition) is 4. The molecule has 1 aromatic heterocycles. The van der Waals surface area contributed by atoms with E-state index in [1.54, 1.807) is 4.68 Å². The predicted octanol–water partition coefficient (Wildman–Crippen LogP) is 1.23. The summed E-state index contributed by atoms with van der Waals surface area (Å²) in [6.45, 7) is 2.38. The van der Waals surface area contributed by atoms with Crippen molar-refractivity contribution in [1.29, 1.82) is 0 Å². The van der Waals surface area contributed by atoms with E-state index in [0.717, 1.165) is 36.4 Å². The molecular formula is C15H19N5O. The Morgan fingerprint density at radius 3 is 2.90 bits per heavy atom. The Hall–Kier alpha value is -2.50. The van der Waals surface area contributed by atoms with Crippen LogP contribution in [0.5, 0.6) is 0 Å². The van der Waals surface area contributed by atoms with Crippen molar-refractivity contribution in [3.8, 4) is 0 Å². The van der Waals surface area contributed by atoms with Gasteiger partial charge in [-0.3, -0.25) is 9.48 Å². The summed E-state index contributed by atoms with van der Waals surface area (Å²) in [4.78, 5) is 12.1. The van der Waals surface area contributed by atoms with Crippen LogP contribution in [-0.2, 0) is 13.5 Å². The third kappa shape index (κ3) is 3.16. The van der Waals surface area contributed by atoms with Crippen molar-refractivity contribution in [3.05, 3.63) is 41.7 Å². The van der Waals surface area contributed by atoms with Gasteiger partial charge in [0.15, 0.2) is 0 Å². The van der Waals surface area contributed by atoms with Gasteiger partial charge < -0.3 is 16.0 Å². The third-order valence-electron chi connectivity index (χ3n) is 3.50. The van der Waals surface area contributed by atoms with E-state index in [1.807, 2.05) is 37.6 Å². The van der Waals surface area contributed by atoms with Crippen LogP contribution in [0.2, 0.25) is 0 Å². The highest BCUT2D eigenvalue weighted by Crippen LogP contribution is 2.25. The number of benzene rings is 1. The summed E-state index contributed by atoms with van der Waals surface area (Å²) < 4.78 is 1.76. The minimum absolute atomic E-state index is 0.0472. The summed E-state index contributed by atoms with van der Waals surface area (Å²) in [6, 6.07) is 5.68. The molecule has 6 heteroatoms. The zero-order valence-corrected chi connectivity index (χ0v) is 12.0. The Morgan fingerprint density at radius 2 is 2.14 bits per heavy atom. The normalized spacial score (nSPS) is 13.0. The first-order valence-corrected chi connectivity index (χ1v) is 7.10. The van der Waals surface area contributed by atoms with Crippen LogP contribution in [0.25, 0.3) is 0 Å². The molecule has 0 saturated heterocycles. The molecule has 0 aliphatic carbocycles. The van der Waals surface area contributed by atoms with E-state index < -0.39 is 0 Å².